The van der Waals surface area contributed by atoms with Gasteiger partial charge in [-0.25, -0.2) is 9.97 Å². The van der Waals surface area contributed by atoms with Crippen LogP contribution in [0, 0.1) is 0 Å². The molecule has 1 fully saturated rings. The first-order valence-electron chi connectivity index (χ1n) is 4.50. The van der Waals surface area contributed by atoms with Crippen LogP contribution < -0.4 is 10.6 Å². The van der Waals surface area contributed by atoms with Gasteiger partial charge < -0.3 is 10.6 Å². The Labute approximate surface area is 77.8 Å². The van der Waals surface area contributed by atoms with Gasteiger partial charge in [0.05, 0.1) is 0 Å². The van der Waals surface area contributed by atoms with Crippen LogP contribution in [0.1, 0.15) is 19.8 Å². The van der Waals surface area contributed by atoms with E-state index in [1.807, 2.05) is 13.1 Å². The quantitative estimate of drug-likeness (QED) is 0.736. The summed E-state index contributed by atoms with van der Waals surface area (Å²) in [4.78, 5) is 8.20. The van der Waals surface area contributed by atoms with E-state index in [1.165, 1.54) is 12.8 Å². The second-order valence-electron chi connectivity index (χ2n) is 3.72. The van der Waals surface area contributed by atoms with E-state index in [1.54, 1.807) is 6.33 Å². The van der Waals surface area contributed by atoms with Crippen LogP contribution in [-0.2, 0) is 0 Å². The van der Waals surface area contributed by atoms with Crippen LogP contribution in [0.25, 0.3) is 0 Å². The fraction of sp³-hybridized carbons (Fsp3) is 0.556. The maximum absolute atomic E-state index is 4.15. The van der Waals surface area contributed by atoms with Gasteiger partial charge in [-0.1, -0.05) is 0 Å². The van der Waals surface area contributed by atoms with E-state index in [2.05, 4.69) is 27.5 Å². The van der Waals surface area contributed by atoms with Crippen LogP contribution in [0.5, 0.6) is 0 Å². The number of nitrogens with one attached hydrogen (secondary N) is 2. The Kier molecular flexibility index (Phi) is 1.83. The minimum absolute atomic E-state index is 0.277. The fourth-order valence-corrected chi connectivity index (χ4v) is 1.18. The molecule has 4 heteroatoms. The Hall–Kier alpha value is -1.32. The van der Waals surface area contributed by atoms with Crippen molar-refractivity contribution in [3.8, 4) is 0 Å². The zero-order valence-electron chi connectivity index (χ0n) is 7.96. The lowest BCUT2D eigenvalue weighted by Crippen LogP contribution is -2.17. The molecule has 0 spiro atoms. The van der Waals surface area contributed by atoms with Gasteiger partial charge in [0.25, 0.3) is 0 Å². The van der Waals surface area contributed by atoms with Crippen LogP contribution >= 0.6 is 0 Å². The zero-order valence-corrected chi connectivity index (χ0v) is 7.96. The van der Waals surface area contributed by atoms with Gasteiger partial charge in [0, 0.05) is 18.7 Å². The predicted molar refractivity (Wildman–Crippen MR) is 52.8 cm³/mol. The molecular weight excluding hydrogens is 164 g/mol. The molecule has 2 N–H and O–H groups in total. The molecular formula is C9H14N4. The smallest absolute Gasteiger partial charge is 0.131 e. The van der Waals surface area contributed by atoms with Crippen molar-refractivity contribution >= 4 is 11.6 Å². The van der Waals surface area contributed by atoms with E-state index >= 15 is 0 Å². The van der Waals surface area contributed by atoms with Crippen LogP contribution in [0.15, 0.2) is 12.4 Å². The molecule has 1 aliphatic rings. The van der Waals surface area contributed by atoms with Crippen LogP contribution in [0.4, 0.5) is 11.6 Å². The highest BCUT2D eigenvalue weighted by Crippen LogP contribution is 2.37. The third kappa shape index (κ3) is 1.88. The zero-order chi connectivity index (χ0) is 9.31. The number of hydrogen-bond donors (Lipinski definition) is 2. The maximum atomic E-state index is 4.15. The van der Waals surface area contributed by atoms with Crippen LogP contribution in [-0.4, -0.2) is 22.6 Å². The van der Waals surface area contributed by atoms with Crippen molar-refractivity contribution in [2.75, 3.05) is 17.7 Å². The molecule has 4 nitrogen and oxygen atoms in total. The first-order valence-corrected chi connectivity index (χ1v) is 4.50. The molecule has 0 saturated heterocycles. The molecule has 70 valence electrons. The highest BCUT2D eigenvalue weighted by atomic mass is 15.1. The highest BCUT2D eigenvalue weighted by Gasteiger charge is 2.37. The molecule has 0 atom stereocenters. The predicted octanol–water partition coefficient (Wildman–Crippen LogP) is 1.48. The third-order valence-corrected chi connectivity index (χ3v) is 2.35. The minimum atomic E-state index is 0.277. The summed E-state index contributed by atoms with van der Waals surface area (Å²) in [5.74, 6) is 1.75. The molecule has 0 aliphatic heterocycles. The number of nitrogens with zero attached hydrogens (tertiary/aromatic N) is 2. The monoisotopic (exact) mass is 178 g/mol. The second-order valence-corrected chi connectivity index (χ2v) is 3.72. The molecule has 1 aromatic heterocycles. The minimum Gasteiger partial charge on any atom is -0.373 e. The Morgan fingerprint density at radius 2 is 2.00 bits per heavy atom. The molecule has 0 unspecified atom stereocenters. The van der Waals surface area contributed by atoms with Crippen molar-refractivity contribution in [1.29, 1.82) is 0 Å². The average molecular weight is 178 g/mol. The molecule has 0 amide bonds. The summed E-state index contributed by atoms with van der Waals surface area (Å²) >= 11 is 0. The van der Waals surface area contributed by atoms with E-state index in [0.29, 0.717) is 0 Å². The second kappa shape index (κ2) is 2.87. The lowest BCUT2D eigenvalue weighted by Gasteiger charge is -2.12. The Morgan fingerprint density at radius 1 is 1.31 bits per heavy atom. The molecule has 1 aliphatic carbocycles. The summed E-state index contributed by atoms with van der Waals surface area (Å²) in [7, 11) is 1.85. The van der Waals surface area contributed by atoms with E-state index < -0.39 is 0 Å². The van der Waals surface area contributed by atoms with Gasteiger partial charge in [0.2, 0.25) is 0 Å². The van der Waals surface area contributed by atoms with Crippen molar-refractivity contribution < 1.29 is 0 Å². The molecule has 13 heavy (non-hydrogen) atoms. The van der Waals surface area contributed by atoms with Crippen molar-refractivity contribution in [3.05, 3.63) is 12.4 Å². The summed E-state index contributed by atoms with van der Waals surface area (Å²) in [5.41, 5.74) is 0.277. The lowest BCUT2D eigenvalue weighted by atomic mass is 10.3. The van der Waals surface area contributed by atoms with Gasteiger partial charge in [-0.3, -0.25) is 0 Å². The summed E-state index contributed by atoms with van der Waals surface area (Å²) in [6.45, 7) is 2.20. The fourth-order valence-electron chi connectivity index (χ4n) is 1.18. The van der Waals surface area contributed by atoms with Crippen molar-refractivity contribution in [2.24, 2.45) is 0 Å². The number of hydrogen-bond acceptors (Lipinski definition) is 4. The number of rotatable bonds is 3. The van der Waals surface area contributed by atoms with Crippen LogP contribution in [0.2, 0.25) is 0 Å². The summed E-state index contributed by atoms with van der Waals surface area (Å²) in [6, 6.07) is 1.92. The average Bonchev–Trinajstić information content (AvgIpc) is 2.84. The van der Waals surface area contributed by atoms with Gasteiger partial charge in [-0.15, -0.1) is 0 Å². The van der Waals surface area contributed by atoms with Crippen molar-refractivity contribution in [3.63, 3.8) is 0 Å². The molecule has 0 bridgehead atoms. The standard InChI is InChI=1S/C9H14N4/c1-9(3-4-9)13-8-5-7(10-2)11-6-12-8/h5-6H,3-4H2,1-2H3,(H2,10,11,12,13). The van der Waals surface area contributed by atoms with E-state index in [-0.39, 0.29) is 5.54 Å². The number of aromatic nitrogens is 2. The van der Waals surface area contributed by atoms with Gasteiger partial charge in [0.15, 0.2) is 0 Å². The highest BCUT2D eigenvalue weighted by molar-refractivity contribution is 5.48. The molecule has 1 heterocycles. The van der Waals surface area contributed by atoms with Crippen molar-refractivity contribution in [2.45, 2.75) is 25.3 Å². The third-order valence-electron chi connectivity index (χ3n) is 2.35. The Balaban J connectivity index is 2.11. The molecule has 0 radical (unpaired) electrons. The normalized spacial score (nSPS) is 18.0. The van der Waals surface area contributed by atoms with E-state index in [0.717, 1.165) is 11.6 Å². The van der Waals surface area contributed by atoms with Gasteiger partial charge in [-0.05, 0) is 19.8 Å². The summed E-state index contributed by atoms with van der Waals surface area (Å²) < 4.78 is 0. The Morgan fingerprint density at radius 3 is 2.62 bits per heavy atom. The topological polar surface area (TPSA) is 49.8 Å². The van der Waals surface area contributed by atoms with E-state index in [9.17, 15) is 0 Å². The Bertz CT molecular complexity index is 306. The largest absolute Gasteiger partial charge is 0.373 e. The van der Waals surface area contributed by atoms with E-state index in [4.69, 9.17) is 0 Å². The SMILES string of the molecule is CNc1cc(NC2(C)CC2)ncn1. The maximum Gasteiger partial charge on any atom is 0.131 e. The first kappa shape index (κ1) is 8.29. The first-order chi connectivity index (χ1) is 6.22. The lowest BCUT2D eigenvalue weighted by molar-refractivity contribution is 0.819. The summed E-state index contributed by atoms with van der Waals surface area (Å²) in [6.07, 6.45) is 4.03. The number of anilines is 2. The molecule has 1 aromatic rings. The van der Waals surface area contributed by atoms with Crippen molar-refractivity contribution in [1.82, 2.24) is 9.97 Å². The molecule has 2 rings (SSSR count). The van der Waals surface area contributed by atoms with Gasteiger partial charge in [-0.2, -0.15) is 0 Å². The van der Waals surface area contributed by atoms with Gasteiger partial charge >= 0.3 is 0 Å². The summed E-state index contributed by atoms with van der Waals surface area (Å²) in [5, 5.41) is 6.36. The van der Waals surface area contributed by atoms with Crippen LogP contribution in [0.3, 0.4) is 0 Å². The van der Waals surface area contributed by atoms with Gasteiger partial charge in [0.1, 0.15) is 18.0 Å². The molecule has 1 saturated carbocycles. The molecule has 0 aromatic carbocycles.